The normalized spacial score (nSPS) is 20.8. The molecule has 1 N–H and O–H groups in total. The Balaban J connectivity index is 2.48. The lowest BCUT2D eigenvalue weighted by Gasteiger charge is -2.35. The SMILES string of the molecule is CCCC(CCC)N(CCC)CC1CCCNC1. The smallest absolute Gasteiger partial charge is 0.00951 e. The summed E-state index contributed by atoms with van der Waals surface area (Å²) < 4.78 is 0. The van der Waals surface area contributed by atoms with Crippen molar-refractivity contribution < 1.29 is 0 Å². The largest absolute Gasteiger partial charge is 0.316 e. The molecule has 0 aromatic carbocycles. The quantitative estimate of drug-likeness (QED) is 0.675. The van der Waals surface area contributed by atoms with E-state index in [-0.39, 0.29) is 0 Å². The van der Waals surface area contributed by atoms with Crippen molar-refractivity contribution in [1.29, 1.82) is 0 Å². The Bertz CT molecular complexity index is 182. The number of hydrogen-bond acceptors (Lipinski definition) is 2. The van der Waals surface area contributed by atoms with Gasteiger partial charge in [0, 0.05) is 12.6 Å². The summed E-state index contributed by atoms with van der Waals surface area (Å²) in [5.74, 6) is 0.890. The maximum absolute atomic E-state index is 3.56. The van der Waals surface area contributed by atoms with Crippen LogP contribution in [-0.4, -0.2) is 37.1 Å². The van der Waals surface area contributed by atoms with Crippen molar-refractivity contribution in [1.82, 2.24) is 10.2 Å². The highest BCUT2D eigenvalue weighted by molar-refractivity contribution is 4.77. The average molecular weight is 254 g/mol. The van der Waals surface area contributed by atoms with E-state index >= 15 is 0 Å². The molecule has 18 heavy (non-hydrogen) atoms. The monoisotopic (exact) mass is 254 g/mol. The van der Waals surface area contributed by atoms with Gasteiger partial charge in [-0.2, -0.15) is 0 Å². The van der Waals surface area contributed by atoms with E-state index in [9.17, 15) is 0 Å². The van der Waals surface area contributed by atoms with E-state index in [2.05, 4.69) is 31.0 Å². The molecule has 2 nitrogen and oxygen atoms in total. The Hall–Kier alpha value is -0.0800. The van der Waals surface area contributed by atoms with Gasteiger partial charge in [-0.05, 0) is 57.7 Å². The molecule has 108 valence electrons. The van der Waals surface area contributed by atoms with Gasteiger partial charge in [-0.15, -0.1) is 0 Å². The van der Waals surface area contributed by atoms with Crippen LogP contribution >= 0.6 is 0 Å². The van der Waals surface area contributed by atoms with Crippen molar-refractivity contribution in [3.63, 3.8) is 0 Å². The lowest BCUT2D eigenvalue weighted by molar-refractivity contribution is 0.138. The summed E-state index contributed by atoms with van der Waals surface area (Å²) in [6.45, 7) is 12.1. The first-order chi connectivity index (χ1) is 8.81. The first-order valence-electron chi connectivity index (χ1n) is 8.26. The topological polar surface area (TPSA) is 15.3 Å². The Labute approximate surface area is 115 Å². The number of piperidine rings is 1. The fourth-order valence-electron chi connectivity index (χ4n) is 3.30. The Morgan fingerprint density at radius 1 is 1.11 bits per heavy atom. The fraction of sp³-hybridized carbons (Fsp3) is 1.00. The Morgan fingerprint density at radius 2 is 1.83 bits per heavy atom. The van der Waals surface area contributed by atoms with Crippen LogP contribution in [0.15, 0.2) is 0 Å². The highest BCUT2D eigenvalue weighted by Crippen LogP contribution is 2.19. The minimum Gasteiger partial charge on any atom is -0.316 e. The molecule has 1 saturated heterocycles. The highest BCUT2D eigenvalue weighted by atomic mass is 15.2. The van der Waals surface area contributed by atoms with E-state index in [0.29, 0.717) is 0 Å². The van der Waals surface area contributed by atoms with Crippen LogP contribution in [0.3, 0.4) is 0 Å². The molecule has 1 rings (SSSR count). The Morgan fingerprint density at radius 3 is 2.33 bits per heavy atom. The maximum atomic E-state index is 3.56. The summed E-state index contributed by atoms with van der Waals surface area (Å²) in [7, 11) is 0. The first-order valence-corrected chi connectivity index (χ1v) is 8.26. The summed E-state index contributed by atoms with van der Waals surface area (Å²) in [4.78, 5) is 2.80. The molecular weight excluding hydrogens is 220 g/mol. The van der Waals surface area contributed by atoms with Crippen molar-refractivity contribution in [2.75, 3.05) is 26.2 Å². The predicted molar refractivity (Wildman–Crippen MR) is 81.1 cm³/mol. The first kappa shape index (κ1) is 16.0. The minimum absolute atomic E-state index is 0.835. The standard InChI is InChI=1S/C16H34N2/c1-4-8-16(9-5-2)18(12-6-3)14-15-10-7-11-17-13-15/h15-17H,4-14H2,1-3H3. The van der Waals surface area contributed by atoms with E-state index in [1.54, 1.807) is 0 Å². The van der Waals surface area contributed by atoms with E-state index < -0.39 is 0 Å². The lowest BCUT2D eigenvalue weighted by atomic mass is 9.96. The van der Waals surface area contributed by atoms with Crippen LogP contribution in [0.25, 0.3) is 0 Å². The van der Waals surface area contributed by atoms with Crippen LogP contribution in [0.5, 0.6) is 0 Å². The molecule has 2 heteroatoms. The number of hydrogen-bond donors (Lipinski definition) is 1. The van der Waals surface area contributed by atoms with Crippen molar-refractivity contribution in [3.05, 3.63) is 0 Å². The van der Waals surface area contributed by atoms with Crippen LogP contribution in [0, 0.1) is 5.92 Å². The molecular formula is C16H34N2. The van der Waals surface area contributed by atoms with Crippen LogP contribution in [-0.2, 0) is 0 Å². The van der Waals surface area contributed by atoms with Crippen LogP contribution in [0.1, 0.15) is 65.7 Å². The third-order valence-electron chi connectivity index (χ3n) is 4.16. The van der Waals surface area contributed by atoms with Gasteiger partial charge in [0.15, 0.2) is 0 Å². The third kappa shape index (κ3) is 5.71. The molecule has 0 aromatic rings. The fourth-order valence-corrected chi connectivity index (χ4v) is 3.30. The molecule has 0 spiro atoms. The lowest BCUT2D eigenvalue weighted by Crippen LogP contribution is -2.43. The van der Waals surface area contributed by atoms with Gasteiger partial charge in [0.05, 0.1) is 0 Å². The van der Waals surface area contributed by atoms with Gasteiger partial charge < -0.3 is 10.2 Å². The van der Waals surface area contributed by atoms with E-state index in [4.69, 9.17) is 0 Å². The third-order valence-corrected chi connectivity index (χ3v) is 4.16. The van der Waals surface area contributed by atoms with Crippen molar-refractivity contribution in [2.45, 2.75) is 71.8 Å². The van der Waals surface area contributed by atoms with Gasteiger partial charge in [-0.1, -0.05) is 33.6 Å². The summed E-state index contributed by atoms with van der Waals surface area (Å²) in [6.07, 6.45) is 9.52. The molecule has 0 aromatic heterocycles. The van der Waals surface area contributed by atoms with Crippen LogP contribution in [0.2, 0.25) is 0 Å². The molecule has 0 amide bonds. The second-order valence-electron chi connectivity index (χ2n) is 5.94. The van der Waals surface area contributed by atoms with Gasteiger partial charge in [0.1, 0.15) is 0 Å². The second kappa shape index (κ2) is 9.80. The van der Waals surface area contributed by atoms with Crippen LogP contribution < -0.4 is 5.32 Å². The number of nitrogens with one attached hydrogen (secondary N) is 1. The van der Waals surface area contributed by atoms with E-state index in [1.807, 2.05) is 0 Å². The molecule has 1 unspecified atom stereocenters. The summed E-state index contributed by atoms with van der Waals surface area (Å²) in [5.41, 5.74) is 0. The van der Waals surface area contributed by atoms with Crippen molar-refractivity contribution in [3.8, 4) is 0 Å². The van der Waals surface area contributed by atoms with Gasteiger partial charge >= 0.3 is 0 Å². The zero-order chi connectivity index (χ0) is 13.2. The molecule has 0 bridgehead atoms. The number of rotatable bonds is 9. The molecule has 1 atom stereocenters. The van der Waals surface area contributed by atoms with Crippen molar-refractivity contribution >= 4 is 0 Å². The molecule has 0 saturated carbocycles. The van der Waals surface area contributed by atoms with Gasteiger partial charge in [0.2, 0.25) is 0 Å². The molecule has 1 aliphatic rings. The minimum atomic E-state index is 0.835. The molecule has 1 fully saturated rings. The van der Waals surface area contributed by atoms with Crippen molar-refractivity contribution in [2.24, 2.45) is 5.92 Å². The zero-order valence-corrected chi connectivity index (χ0v) is 12.9. The van der Waals surface area contributed by atoms with Gasteiger partial charge in [0.25, 0.3) is 0 Å². The zero-order valence-electron chi connectivity index (χ0n) is 12.9. The van der Waals surface area contributed by atoms with E-state index in [0.717, 1.165) is 12.0 Å². The maximum Gasteiger partial charge on any atom is 0.00951 e. The van der Waals surface area contributed by atoms with E-state index in [1.165, 1.54) is 71.1 Å². The molecule has 0 radical (unpaired) electrons. The summed E-state index contributed by atoms with van der Waals surface area (Å²) >= 11 is 0. The Kier molecular flexibility index (Phi) is 8.70. The second-order valence-corrected chi connectivity index (χ2v) is 5.94. The molecule has 1 aliphatic heterocycles. The van der Waals surface area contributed by atoms with Gasteiger partial charge in [-0.3, -0.25) is 0 Å². The predicted octanol–water partition coefficient (Wildman–Crippen LogP) is 3.67. The average Bonchev–Trinajstić information content (AvgIpc) is 2.39. The summed E-state index contributed by atoms with van der Waals surface area (Å²) in [6, 6.07) is 0.835. The van der Waals surface area contributed by atoms with Crippen LogP contribution in [0.4, 0.5) is 0 Å². The summed E-state index contributed by atoms with van der Waals surface area (Å²) in [5, 5.41) is 3.56. The molecule has 1 heterocycles. The highest BCUT2D eigenvalue weighted by Gasteiger charge is 2.21. The number of nitrogens with zero attached hydrogens (tertiary/aromatic N) is 1. The van der Waals surface area contributed by atoms with Gasteiger partial charge in [-0.25, -0.2) is 0 Å². The molecule has 0 aliphatic carbocycles.